The average molecular weight is 492 g/mol. The lowest BCUT2D eigenvalue weighted by molar-refractivity contribution is -0.137. The summed E-state index contributed by atoms with van der Waals surface area (Å²) in [5.74, 6) is -0.733. The molecule has 0 aliphatic carbocycles. The highest BCUT2D eigenvalue weighted by Gasteiger charge is 2.33. The number of amides is 1. The summed E-state index contributed by atoms with van der Waals surface area (Å²) < 4.78 is 69.6. The van der Waals surface area contributed by atoms with Crippen molar-refractivity contribution in [2.45, 2.75) is 6.18 Å². The van der Waals surface area contributed by atoms with E-state index in [0.717, 1.165) is 37.2 Å². The molecule has 1 saturated heterocycles. The van der Waals surface area contributed by atoms with Gasteiger partial charge in [-0.15, -0.1) is 0 Å². The zero-order chi connectivity index (χ0) is 23.5. The van der Waals surface area contributed by atoms with Crippen LogP contribution in [0.4, 0.5) is 30.2 Å². The van der Waals surface area contributed by atoms with Gasteiger partial charge in [0.05, 0.1) is 35.7 Å². The lowest BCUT2D eigenvalue weighted by atomic mass is 10.2. The molecule has 1 amide bonds. The normalized spacial score (nSPS) is 14.8. The minimum Gasteiger partial charge on any atom is -0.378 e. The number of nitrogens with one attached hydrogen (secondary N) is 1. The molecule has 12 heteroatoms. The molecule has 0 bridgehead atoms. The van der Waals surface area contributed by atoms with Crippen LogP contribution in [0.3, 0.4) is 0 Å². The van der Waals surface area contributed by atoms with E-state index in [1.807, 2.05) is 0 Å². The maximum atomic E-state index is 13.1. The Bertz CT molecular complexity index is 1070. The van der Waals surface area contributed by atoms with Gasteiger partial charge < -0.3 is 15.0 Å². The third-order valence-corrected chi connectivity index (χ3v) is 6.20. The number of sulfonamides is 1. The van der Waals surface area contributed by atoms with Crippen LogP contribution >= 0.6 is 11.6 Å². The smallest absolute Gasteiger partial charge is 0.378 e. The Kier molecular flexibility index (Phi) is 7.21. The Balaban J connectivity index is 1.76. The second kappa shape index (κ2) is 9.55. The van der Waals surface area contributed by atoms with E-state index in [-0.39, 0.29) is 5.02 Å². The van der Waals surface area contributed by atoms with Crippen molar-refractivity contribution in [1.29, 1.82) is 0 Å². The van der Waals surface area contributed by atoms with Crippen molar-refractivity contribution in [3.63, 3.8) is 0 Å². The summed E-state index contributed by atoms with van der Waals surface area (Å²) in [4.78, 5) is 14.6. The van der Waals surface area contributed by atoms with Gasteiger partial charge in [-0.3, -0.25) is 9.10 Å². The SMILES string of the molecule is CS(=O)(=O)N(CC(=O)Nc1ccc(N2CCOCC2)cc1)c1cc(C(F)(F)F)ccc1Cl. The van der Waals surface area contributed by atoms with Crippen molar-refractivity contribution < 1.29 is 31.1 Å². The largest absolute Gasteiger partial charge is 0.416 e. The monoisotopic (exact) mass is 491 g/mol. The molecule has 32 heavy (non-hydrogen) atoms. The molecule has 2 aromatic carbocycles. The third-order valence-electron chi connectivity index (χ3n) is 4.76. The summed E-state index contributed by atoms with van der Waals surface area (Å²) in [6.45, 7) is 1.99. The molecule has 0 aromatic heterocycles. The fourth-order valence-corrected chi connectivity index (χ4v) is 4.30. The predicted octanol–water partition coefficient (Wildman–Crippen LogP) is 3.60. The van der Waals surface area contributed by atoms with Gasteiger partial charge in [0.25, 0.3) is 0 Å². The zero-order valence-corrected chi connectivity index (χ0v) is 18.6. The van der Waals surface area contributed by atoms with Crippen LogP contribution < -0.4 is 14.5 Å². The lowest BCUT2D eigenvalue weighted by Crippen LogP contribution is -2.38. The summed E-state index contributed by atoms with van der Waals surface area (Å²) >= 11 is 5.96. The number of alkyl halides is 3. The predicted molar refractivity (Wildman–Crippen MR) is 117 cm³/mol. The summed E-state index contributed by atoms with van der Waals surface area (Å²) in [6.07, 6.45) is -3.92. The van der Waals surface area contributed by atoms with Crippen molar-refractivity contribution in [3.8, 4) is 0 Å². The number of hydrogen-bond donors (Lipinski definition) is 1. The highest BCUT2D eigenvalue weighted by Crippen LogP contribution is 2.36. The molecule has 1 fully saturated rings. The molecular weight excluding hydrogens is 471 g/mol. The molecule has 1 heterocycles. The second-order valence-electron chi connectivity index (χ2n) is 7.13. The molecule has 174 valence electrons. The topological polar surface area (TPSA) is 79.0 Å². The van der Waals surface area contributed by atoms with E-state index in [0.29, 0.717) is 29.3 Å². The highest BCUT2D eigenvalue weighted by molar-refractivity contribution is 7.92. The Hall–Kier alpha value is -2.50. The Morgan fingerprint density at radius 3 is 2.34 bits per heavy atom. The molecule has 0 saturated carbocycles. The van der Waals surface area contributed by atoms with Gasteiger partial charge in [0.2, 0.25) is 15.9 Å². The van der Waals surface area contributed by atoms with Gasteiger partial charge >= 0.3 is 6.18 Å². The standard InChI is InChI=1S/C20H21ClF3N3O4S/c1-32(29,30)27(18-12-14(20(22,23)24)2-7-17(18)21)13-19(28)25-15-3-5-16(6-4-15)26-8-10-31-11-9-26/h2-7,12H,8-11,13H2,1H3,(H,25,28). The molecule has 0 spiro atoms. The van der Waals surface area contributed by atoms with E-state index in [1.54, 1.807) is 24.3 Å². The van der Waals surface area contributed by atoms with Crippen LogP contribution in [-0.4, -0.2) is 53.4 Å². The van der Waals surface area contributed by atoms with Gasteiger partial charge in [-0.2, -0.15) is 13.2 Å². The van der Waals surface area contributed by atoms with Crippen molar-refractivity contribution in [2.24, 2.45) is 0 Å². The summed E-state index contributed by atoms with van der Waals surface area (Å²) in [5.41, 5.74) is -0.151. The van der Waals surface area contributed by atoms with Crippen LogP contribution in [0.2, 0.25) is 5.02 Å². The number of hydrogen-bond acceptors (Lipinski definition) is 5. The number of ether oxygens (including phenoxy) is 1. The third kappa shape index (κ3) is 6.05. The first-order valence-electron chi connectivity index (χ1n) is 9.52. The first-order valence-corrected chi connectivity index (χ1v) is 11.7. The average Bonchev–Trinajstić information content (AvgIpc) is 2.72. The summed E-state index contributed by atoms with van der Waals surface area (Å²) in [6, 6.07) is 9.21. The van der Waals surface area contributed by atoms with E-state index >= 15 is 0 Å². The van der Waals surface area contributed by atoms with E-state index in [9.17, 15) is 26.4 Å². The molecule has 1 aliphatic rings. The molecular formula is C20H21ClF3N3O4S. The van der Waals surface area contributed by atoms with E-state index < -0.39 is 39.9 Å². The molecule has 2 aromatic rings. The Morgan fingerprint density at radius 2 is 1.78 bits per heavy atom. The van der Waals surface area contributed by atoms with E-state index in [1.165, 1.54) is 0 Å². The molecule has 1 N–H and O–H groups in total. The quantitative estimate of drug-likeness (QED) is 0.668. The highest BCUT2D eigenvalue weighted by atomic mass is 35.5. The van der Waals surface area contributed by atoms with Crippen LogP contribution in [0, 0.1) is 0 Å². The van der Waals surface area contributed by atoms with Gasteiger partial charge in [-0.1, -0.05) is 11.6 Å². The number of carbonyl (C=O) groups is 1. The number of halogens is 4. The van der Waals surface area contributed by atoms with Gasteiger partial charge in [-0.05, 0) is 42.5 Å². The van der Waals surface area contributed by atoms with Crippen molar-refractivity contribution in [3.05, 3.63) is 53.1 Å². The van der Waals surface area contributed by atoms with Gasteiger partial charge in [-0.25, -0.2) is 8.42 Å². The molecule has 1 aliphatic heterocycles. The Labute approximate surface area is 188 Å². The first-order chi connectivity index (χ1) is 14.9. The van der Waals surface area contributed by atoms with Crippen LogP contribution in [0.15, 0.2) is 42.5 Å². The molecule has 0 radical (unpaired) electrons. The molecule has 3 rings (SSSR count). The first kappa shape index (κ1) is 24.1. The van der Waals surface area contributed by atoms with Crippen LogP contribution in [0.1, 0.15) is 5.56 Å². The zero-order valence-electron chi connectivity index (χ0n) is 17.0. The van der Waals surface area contributed by atoms with Crippen LogP contribution in [0.25, 0.3) is 0 Å². The van der Waals surface area contributed by atoms with Crippen LogP contribution in [0.5, 0.6) is 0 Å². The number of carbonyl (C=O) groups excluding carboxylic acids is 1. The van der Waals surface area contributed by atoms with Gasteiger partial charge in [0.1, 0.15) is 6.54 Å². The van der Waals surface area contributed by atoms with Crippen molar-refractivity contribution in [2.75, 3.05) is 53.6 Å². The van der Waals surface area contributed by atoms with Crippen molar-refractivity contribution >= 4 is 44.6 Å². The molecule has 0 atom stereocenters. The summed E-state index contributed by atoms with van der Waals surface area (Å²) in [7, 11) is -4.11. The van der Waals surface area contributed by atoms with Gasteiger partial charge in [0.15, 0.2) is 0 Å². The number of benzene rings is 2. The van der Waals surface area contributed by atoms with Crippen LogP contribution in [-0.2, 0) is 25.7 Å². The van der Waals surface area contributed by atoms with Gasteiger partial charge in [0, 0.05) is 24.5 Å². The fraction of sp³-hybridized carbons (Fsp3) is 0.350. The van der Waals surface area contributed by atoms with E-state index in [2.05, 4.69) is 10.2 Å². The minimum atomic E-state index is -4.70. The lowest BCUT2D eigenvalue weighted by Gasteiger charge is -2.29. The Morgan fingerprint density at radius 1 is 1.16 bits per heavy atom. The number of anilines is 3. The van der Waals surface area contributed by atoms with Crippen molar-refractivity contribution in [1.82, 2.24) is 0 Å². The molecule has 7 nitrogen and oxygen atoms in total. The number of nitrogens with zero attached hydrogens (tertiary/aromatic N) is 2. The number of morpholine rings is 1. The number of rotatable bonds is 6. The fourth-order valence-electron chi connectivity index (χ4n) is 3.17. The van der Waals surface area contributed by atoms with E-state index in [4.69, 9.17) is 16.3 Å². The minimum absolute atomic E-state index is 0.230. The maximum Gasteiger partial charge on any atom is 0.416 e. The maximum absolute atomic E-state index is 13.1. The summed E-state index contributed by atoms with van der Waals surface area (Å²) in [5, 5.41) is 2.32. The molecule has 0 unspecified atom stereocenters. The second-order valence-corrected chi connectivity index (χ2v) is 9.44.